The molecular weight excluding hydrogens is 297 g/mol. The lowest BCUT2D eigenvalue weighted by molar-refractivity contribution is 0.0942. The van der Waals surface area contributed by atoms with Crippen LogP contribution in [0.3, 0.4) is 0 Å². The molecule has 0 unspecified atom stereocenters. The Hall–Kier alpha value is -2.63. The Morgan fingerprint density at radius 1 is 1.13 bits per heavy atom. The van der Waals surface area contributed by atoms with E-state index in [1.165, 1.54) is 12.3 Å². The van der Waals surface area contributed by atoms with E-state index in [1.807, 2.05) is 35.2 Å². The van der Waals surface area contributed by atoms with Gasteiger partial charge in [-0.05, 0) is 11.6 Å². The number of carbonyl (C=O) groups excluding carboxylic acids is 1. The van der Waals surface area contributed by atoms with Gasteiger partial charge < -0.3 is 14.5 Å². The van der Waals surface area contributed by atoms with Crippen molar-refractivity contribution >= 4 is 11.8 Å². The number of nitrogens with zero attached hydrogens (tertiary/aromatic N) is 3. The third-order valence-corrected chi connectivity index (χ3v) is 3.82. The van der Waals surface area contributed by atoms with E-state index in [1.54, 1.807) is 11.0 Å². The molecule has 1 aromatic carbocycles. The van der Waals surface area contributed by atoms with Crippen molar-refractivity contribution < 1.29 is 13.9 Å². The first-order chi connectivity index (χ1) is 11.2. The standard InChI is InChI=1S/C17H18FN3O2/c18-16-12-15(6-7-19-16)20-8-10-21(11-9-20)17(22)23-13-14-4-2-1-3-5-14/h1-7,12H,8-11,13H2. The Labute approximate surface area is 134 Å². The first-order valence-electron chi connectivity index (χ1n) is 7.54. The van der Waals surface area contributed by atoms with Crippen molar-refractivity contribution in [1.29, 1.82) is 0 Å². The van der Waals surface area contributed by atoms with Gasteiger partial charge in [0.15, 0.2) is 0 Å². The number of aromatic nitrogens is 1. The molecule has 0 saturated carbocycles. The summed E-state index contributed by atoms with van der Waals surface area (Å²) in [5, 5.41) is 0. The Kier molecular flexibility index (Phi) is 4.71. The predicted molar refractivity (Wildman–Crippen MR) is 84.6 cm³/mol. The number of hydrogen-bond acceptors (Lipinski definition) is 4. The molecule has 1 fully saturated rings. The second-order valence-electron chi connectivity index (χ2n) is 5.35. The molecule has 6 heteroatoms. The number of benzene rings is 1. The van der Waals surface area contributed by atoms with Crippen LogP contribution in [0.4, 0.5) is 14.9 Å². The summed E-state index contributed by atoms with van der Waals surface area (Å²) in [6, 6.07) is 12.8. The molecule has 5 nitrogen and oxygen atoms in total. The maximum atomic E-state index is 13.2. The second kappa shape index (κ2) is 7.09. The topological polar surface area (TPSA) is 45.7 Å². The molecule has 1 saturated heterocycles. The molecule has 0 radical (unpaired) electrons. The Bertz CT molecular complexity index is 658. The fraction of sp³-hybridized carbons (Fsp3) is 0.294. The molecule has 1 amide bonds. The minimum absolute atomic E-state index is 0.273. The molecule has 1 aliphatic rings. The van der Waals surface area contributed by atoms with Crippen LogP contribution >= 0.6 is 0 Å². The van der Waals surface area contributed by atoms with Crippen molar-refractivity contribution in [3.63, 3.8) is 0 Å². The summed E-state index contributed by atoms with van der Waals surface area (Å²) >= 11 is 0. The quantitative estimate of drug-likeness (QED) is 0.817. The van der Waals surface area contributed by atoms with Crippen LogP contribution in [0.25, 0.3) is 0 Å². The van der Waals surface area contributed by atoms with Gasteiger partial charge in [-0.15, -0.1) is 0 Å². The molecule has 3 rings (SSSR count). The number of hydrogen-bond donors (Lipinski definition) is 0. The third-order valence-electron chi connectivity index (χ3n) is 3.82. The summed E-state index contributed by atoms with van der Waals surface area (Å²) < 4.78 is 18.5. The molecule has 2 heterocycles. The fourth-order valence-electron chi connectivity index (χ4n) is 2.55. The average molecular weight is 315 g/mol. The number of anilines is 1. The van der Waals surface area contributed by atoms with Crippen LogP contribution in [-0.4, -0.2) is 42.2 Å². The molecule has 0 bridgehead atoms. The number of piperazine rings is 1. The van der Waals surface area contributed by atoms with Gasteiger partial charge in [0.25, 0.3) is 0 Å². The summed E-state index contributed by atoms with van der Waals surface area (Å²) in [4.78, 5) is 19.3. The summed E-state index contributed by atoms with van der Waals surface area (Å²) in [6.45, 7) is 2.67. The molecule has 0 spiro atoms. The fourth-order valence-corrected chi connectivity index (χ4v) is 2.55. The first kappa shape index (κ1) is 15.3. The van der Waals surface area contributed by atoms with Crippen molar-refractivity contribution in [2.75, 3.05) is 31.1 Å². The summed E-state index contributed by atoms with van der Waals surface area (Å²) in [5.74, 6) is -0.493. The van der Waals surface area contributed by atoms with Crippen LogP contribution in [0.1, 0.15) is 5.56 Å². The summed E-state index contributed by atoms with van der Waals surface area (Å²) in [5.41, 5.74) is 1.75. The van der Waals surface area contributed by atoms with E-state index in [2.05, 4.69) is 4.98 Å². The highest BCUT2D eigenvalue weighted by Crippen LogP contribution is 2.16. The Balaban J connectivity index is 1.49. The minimum Gasteiger partial charge on any atom is -0.445 e. The van der Waals surface area contributed by atoms with Gasteiger partial charge in [0.1, 0.15) is 6.61 Å². The molecule has 1 aliphatic heterocycles. The van der Waals surface area contributed by atoms with Crippen LogP contribution < -0.4 is 4.90 Å². The molecule has 23 heavy (non-hydrogen) atoms. The SMILES string of the molecule is O=C(OCc1ccccc1)N1CCN(c2ccnc(F)c2)CC1. The van der Waals surface area contributed by atoms with Crippen LogP contribution in [0, 0.1) is 5.95 Å². The van der Waals surface area contributed by atoms with Crippen LogP contribution in [0.2, 0.25) is 0 Å². The van der Waals surface area contributed by atoms with Gasteiger partial charge in [0.2, 0.25) is 5.95 Å². The van der Waals surface area contributed by atoms with Crippen molar-refractivity contribution in [3.05, 3.63) is 60.2 Å². The lowest BCUT2D eigenvalue weighted by atomic mass is 10.2. The zero-order valence-electron chi connectivity index (χ0n) is 12.7. The van der Waals surface area contributed by atoms with Gasteiger partial charge in [-0.2, -0.15) is 4.39 Å². The molecule has 0 N–H and O–H groups in total. The maximum absolute atomic E-state index is 13.2. The number of ether oxygens (including phenoxy) is 1. The van der Waals surface area contributed by atoms with Crippen LogP contribution in [0.15, 0.2) is 48.7 Å². The van der Waals surface area contributed by atoms with E-state index in [4.69, 9.17) is 4.74 Å². The van der Waals surface area contributed by atoms with Crippen molar-refractivity contribution in [1.82, 2.24) is 9.88 Å². The van der Waals surface area contributed by atoms with Crippen LogP contribution in [0.5, 0.6) is 0 Å². The van der Waals surface area contributed by atoms with Crippen LogP contribution in [-0.2, 0) is 11.3 Å². The summed E-state index contributed by atoms with van der Waals surface area (Å²) in [6.07, 6.45) is 1.14. The van der Waals surface area contributed by atoms with Gasteiger partial charge in [-0.25, -0.2) is 9.78 Å². The van der Waals surface area contributed by atoms with E-state index < -0.39 is 5.95 Å². The first-order valence-corrected chi connectivity index (χ1v) is 7.54. The summed E-state index contributed by atoms with van der Waals surface area (Å²) in [7, 11) is 0. The van der Waals surface area contributed by atoms with E-state index in [-0.39, 0.29) is 12.7 Å². The lowest BCUT2D eigenvalue weighted by Crippen LogP contribution is -2.49. The van der Waals surface area contributed by atoms with Crippen molar-refractivity contribution in [2.45, 2.75) is 6.61 Å². The normalized spacial score (nSPS) is 14.7. The van der Waals surface area contributed by atoms with Gasteiger partial charge in [-0.1, -0.05) is 30.3 Å². The smallest absolute Gasteiger partial charge is 0.410 e. The number of carbonyl (C=O) groups is 1. The van der Waals surface area contributed by atoms with Gasteiger partial charge >= 0.3 is 6.09 Å². The molecule has 0 aliphatic carbocycles. The minimum atomic E-state index is -0.493. The Morgan fingerprint density at radius 3 is 2.57 bits per heavy atom. The van der Waals surface area contributed by atoms with E-state index >= 15 is 0 Å². The van der Waals surface area contributed by atoms with Crippen molar-refractivity contribution in [3.8, 4) is 0 Å². The number of amides is 1. The van der Waals surface area contributed by atoms with Gasteiger partial charge in [0.05, 0.1) is 0 Å². The van der Waals surface area contributed by atoms with Crippen molar-refractivity contribution in [2.24, 2.45) is 0 Å². The third kappa shape index (κ3) is 3.97. The average Bonchev–Trinajstić information content (AvgIpc) is 2.61. The highest BCUT2D eigenvalue weighted by atomic mass is 19.1. The molecule has 120 valence electrons. The highest BCUT2D eigenvalue weighted by molar-refractivity contribution is 5.68. The molecule has 1 aromatic heterocycles. The van der Waals surface area contributed by atoms with Gasteiger partial charge in [0, 0.05) is 44.1 Å². The zero-order chi connectivity index (χ0) is 16.1. The zero-order valence-corrected chi connectivity index (χ0v) is 12.7. The maximum Gasteiger partial charge on any atom is 0.410 e. The van der Waals surface area contributed by atoms with E-state index in [0.717, 1.165) is 11.3 Å². The Morgan fingerprint density at radius 2 is 1.87 bits per heavy atom. The number of halogens is 1. The monoisotopic (exact) mass is 315 g/mol. The van der Waals surface area contributed by atoms with Gasteiger partial charge in [-0.3, -0.25) is 0 Å². The van der Waals surface area contributed by atoms with E-state index in [9.17, 15) is 9.18 Å². The number of rotatable bonds is 3. The number of pyridine rings is 1. The molecular formula is C17H18FN3O2. The molecule has 2 aromatic rings. The second-order valence-corrected chi connectivity index (χ2v) is 5.35. The highest BCUT2D eigenvalue weighted by Gasteiger charge is 2.22. The lowest BCUT2D eigenvalue weighted by Gasteiger charge is -2.35. The van der Waals surface area contributed by atoms with E-state index in [0.29, 0.717) is 26.2 Å². The molecule has 0 atom stereocenters. The largest absolute Gasteiger partial charge is 0.445 e. The predicted octanol–water partition coefficient (Wildman–Crippen LogP) is 2.68.